The van der Waals surface area contributed by atoms with E-state index in [2.05, 4.69) is 0 Å². The molecule has 1 heterocycles. The van der Waals surface area contributed by atoms with Crippen LogP contribution in [0, 0.1) is 11.3 Å². The van der Waals surface area contributed by atoms with Gasteiger partial charge in [-0.25, -0.2) is 0 Å². The molecule has 0 amide bonds. The lowest BCUT2D eigenvalue weighted by Gasteiger charge is -2.31. The standard InChI is InChI=1S/C15H17F3N2O3/c16-15(17,18)11-2-1-3-13(6-11)23-10-12(21)8-20-4-5-22-14(7-19)9-20/h1-3,6,12,14,21H,4-5,8-10H2. The minimum atomic E-state index is -4.43. The number of hydrogen-bond donors (Lipinski definition) is 1. The molecular weight excluding hydrogens is 313 g/mol. The van der Waals surface area contributed by atoms with Crippen molar-refractivity contribution in [2.24, 2.45) is 0 Å². The summed E-state index contributed by atoms with van der Waals surface area (Å²) in [6, 6.07) is 6.51. The molecule has 23 heavy (non-hydrogen) atoms. The van der Waals surface area contributed by atoms with Crippen LogP contribution in [0.1, 0.15) is 5.56 Å². The van der Waals surface area contributed by atoms with Crippen LogP contribution in [-0.4, -0.2) is 55.1 Å². The Balaban J connectivity index is 1.82. The molecule has 2 atom stereocenters. The molecule has 5 nitrogen and oxygen atoms in total. The van der Waals surface area contributed by atoms with Gasteiger partial charge in [-0.2, -0.15) is 18.4 Å². The van der Waals surface area contributed by atoms with Crippen LogP contribution in [0.4, 0.5) is 13.2 Å². The average molecular weight is 330 g/mol. The molecular formula is C15H17F3N2O3. The first kappa shape index (κ1) is 17.5. The lowest BCUT2D eigenvalue weighted by Crippen LogP contribution is -2.46. The van der Waals surface area contributed by atoms with Crippen molar-refractivity contribution in [1.82, 2.24) is 4.90 Å². The van der Waals surface area contributed by atoms with Crippen molar-refractivity contribution in [3.05, 3.63) is 29.8 Å². The Bertz CT molecular complexity index is 560. The molecule has 1 aliphatic rings. The van der Waals surface area contributed by atoms with Gasteiger partial charge in [0.05, 0.1) is 18.2 Å². The maximum atomic E-state index is 12.6. The molecule has 1 aromatic carbocycles. The predicted octanol–water partition coefficient (Wildman–Crippen LogP) is 1.67. The van der Waals surface area contributed by atoms with E-state index < -0.39 is 23.9 Å². The van der Waals surface area contributed by atoms with Gasteiger partial charge in [0.25, 0.3) is 0 Å². The van der Waals surface area contributed by atoms with E-state index in [1.165, 1.54) is 12.1 Å². The molecule has 1 saturated heterocycles. The van der Waals surface area contributed by atoms with Crippen molar-refractivity contribution in [3.8, 4) is 11.8 Å². The SMILES string of the molecule is N#CC1CN(CC(O)COc2cccc(C(F)(F)F)c2)CCO1. The first-order chi connectivity index (χ1) is 10.9. The summed E-state index contributed by atoms with van der Waals surface area (Å²) in [5.41, 5.74) is -0.797. The van der Waals surface area contributed by atoms with E-state index in [1.807, 2.05) is 11.0 Å². The van der Waals surface area contributed by atoms with Gasteiger partial charge >= 0.3 is 6.18 Å². The lowest BCUT2D eigenvalue weighted by atomic mass is 10.2. The zero-order valence-corrected chi connectivity index (χ0v) is 12.3. The van der Waals surface area contributed by atoms with Crippen molar-refractivity contribution in [3.63, 3.8) is 0 Å². The third kappa shape index (κ3) is 5.39. The Hall–Kier alpha value is -1.82. The first-order valence-corrected chi connectivity index (χ1v) is 7.10. The fourth-order valence-electron chi connectivity index (χ4n) is 2.25. The summed E-state index contributed by atoms with van der Waals surface area (Å²) in [6.45, 7) is 1.51. The van der Waals surface area contributed by atoms with Crippen LogP contribution in [0.25, 0.3) is 0 Å². The van der Waals surface area contributed by atoms with Gasteiger partial charge in [-0.15, -0.1) is 0 Å². The normalized spacial score (nSPS) is 20.7. The van der Waals surface area contributed by atoms with Gasteiger partial charge in [-0.1, -0.05) is 6.07 Å². The summed E-state index contributed by atoms with van der Waals surface area (Å²) in [7, 11) is 0. The predicted molar refractivity (Wildman–Crippen MR) is 74.7 cm³/mol. The number of alkyl halides is 3. The number of nitrogens with zero attached hydrogens (tertiary/aromatic N) is 2. The zero-order chi connectivity index (χ0) is 16.9. The molecule has 2 rings (SSSR count). The quantitative estimate of drug-likeness (QED) is 0.890. The van der Waals surface area contributed by atoms with E-state index in [0.717, 1.165) is 12.1 Å². The third-order valence-corrected chi connectivity index (χ3v) is 3.37. The Morgan fingerprint density at radius 3 is 2.96 bits per heavy atom. The first-order valence-electron chi connectivity index (χ1n) is 7.10. The van der Waals surface area contributed by atoms with Crippen molar-refractivity contribution in [1.29, 1.82) is 5.26 Å². The molecule has 1 N–H and O–H groups in total. The van der Waals surface area contributed by atoms with E-state index >= 15 is 0 Å². The summed E-state index contributed by atoms with van der Waals surface area (Å²) in [4.78, 5) is 1.86. The van der Waals surface area contributed by atoms with Crippen LogP contribution < -0.4 is 4.74 Å². The average Bonchev–Trinajstić information content (AvgIpc) is 2.52. The van der Waals surface area contributed by atoms with Gasteiger partial charge < -0.3 is 14.6 Å². The number of benzene rings is 1. The molecule has 0 aromatic heterocycles. The van der Waals surface area contributed by atoms with Crippen molar-refractivity contribution in [2.45, 2.75) is 18.4 Å². The third-order valence-electron chi connectivity index (χ3n) is 3.37. The second kappa shape index (κ2) is 7.64. The number of ether oxygens (including phenoxy) is 2. The molecule has 0 spiro atoms. The van der Waals surface area contributed by atoms with Gasteiger partial charge in [0, 0.05) is 19.6 Å². The van der Waals surface area contributed by atoms with E-state index in [9.17, 15) is 18.3 Å². The highest BCUT2D eigenvalue weighted by atomic mass is 19.4. The van der Waals surface area contributed by atoms with Crippen molar-refractivity contribution in [2.75, 3.05) is 32.8 Å². The zero-order valence-electron chi connectivity index (χ0n) is 12.3. The maximum absolute atomic E-state index is 12.6. The van der Waals surface area contributed by atoms with Crippen molar-refractivity contribution < 1.29 is 27.8 Å². The van der Waals surface area contributed by atoms with E-state index in [-0.39, 0.29) is 18.9 Å². The van der Waals surface area contributed by atoms with E-state index in [1.54, 1.807) is 0 Å². The second-order valence-electron chi connectivity index (χ2n) is 5.24. The van der Waals surface area contributed by atoms with Crippen LogP contribution in [0.15, 0.2) is 24.3 Å². The van der Waals surface area contributed by atoms with Crippen LogP contribution >= 0.6 is 0 Å². The Labute approximate surface area is 131 Å². The number of halogens is 3. The highest BCUT2D eigenvalue weighted by Gasteiger charge is 2.30. The number of aliphatic hydroxyl groups is 1. The Morgan fingerprint density at radius 1 is 1.48 bits per heavy atom. The summed E-state index contributed by atoms with van der Waals surface area (Å²) in [5, 5.41) is 18.7. The van der Waals surface area contributed by atoms with E-state index in [4.69, 9.17) is 14.7 Å². The summed E-state index contributed by atoms with van der Waals surface area (Å²) in [6.07, 6.45) is -5.83. The number of aliphatic hydroxyl groups excluding tert-OH is 1. The topological polar surface area (TPSA) is 65.7 Å². The number of rotatable bonds is 5. The Morgan fingerprint density at radius 2 is 2.26 bits per heavy atom. The number of morpholine rings is 1. The molecule has 0 aliphatic carbocycles. The molecule has 1 fully saturated rings. The Kier molecular flexibility index (Phi) is 5.82. The van der Waals surface area contributed by atoms with Crippen LogP contribution in [0.2, 0.25) is 0 Å². The largest absolute Gasteiger partial charge is 0.491 e. The van der Waals surface area contributed by atoms with Gasteiger partial charge in [0.1, 0.15) is 18.5 Å². The summed E-state index contributed by atoms with van der Waals surface area (Å²) >= 11 is 0. The van der Waals surface area contributed by atoms with Crippen LogP contribution in [-0.2, 0) is 10.9 Å². The number of hydrogen-bond acceptors (Lipinski definition) is 5. The van der Waals surface area contributed by atoms with E-state index in [0.29, 0.717) is 19.7 Å². The molecule has 0 saturated carbocycles. The number of nitriles is 1. The summed E-state index contributed by atoms with van der Waals surface area (Å²) < 4.78 is 48.2. The highest BCUT2D eigenvalue weighted by Crippen LogP contribution is 2.31. The van der Waals surface area contributed by atoms with Crippen LogP contribution in [0.3, 0.4) is 0 Å². The molecule has 126 valence electrons. The monoisotopic (exact) mass is 330 g/mol. The fraction of sp³-hybridized carbons (Fsp3) is 0.533. The maximum Gasteiger partial charge on any atom is 0.416 e. The molecule has 1 aromatic rings. The van der Waals surface area contributed by atoms with Gasteiger partial charge in [-0.3, -0.25) is 4.90 Å². The lowest BCUT2D eigenvalue weighted by molar-refractivity contribution is -0.137. The summed E-state index contributed by atoms with van der Waals surface area (Å²) in [5.74, 6) is 0.0516. The molecule has 0 radical (unpaired) electrons. The minimum absolute atomic E-state index is 0.0516. The molecule has 8 heteroatoms. The molecule has 0 bridgehead atoms. The number of β-amino-alcohol motifs (C(OH)–C–C–N with tert-alkyl or cyclic N) is 1. The fourth-order valence-corrected chi connectivity index (χ4v) is 2.25. The van der Waals surface area contributed by atoms with Gasteiger partial charge in [-0.05, 0) is 18.2 Å². The second-order valence-corrected chi connectivity index (χ2v) is 5.24. The van der Waals surface area contributed by atoms with Crippen LogP contribution in [0.5, 0.6) is 5.75 Å². The van der Waals surface area contributed by atoms with Crippen molar-refractivity contribution >= 4 is 0 Å². The minimum Gasteiger partial charge on any atom is -0.491 e. The smallest absolute Gasteiger partial charge is 0.416 e. The van der Waals surface area contributed by atoms with Gasteiger partial charge in [0.2, 0.25) is 0 Å². The molecule has 1 aliphatic heterocycles. The molecule has 2 unspecified atom stereocenters. The van der Waals surface area contributed by atoms with Gasteiger partial charge in [0.15, 0.2) is 6.10 Å². The highest BCUT2D eigenvalue weighted by molar-refractivity contribution is 5.30.